The number of likely N-dealkylation sites (N-methyl/N-ethyl adjacent to an activating group) is 1. The van der Waals surface area contributed by atoms with Crippen LogP contribution in [0.5, 0.6) is 0 Å². The number of anilines is 1. The zero-order valence-electron chi connectivity index (χ0n) is 15.2. The smallest absolute Gasteiger partial charge is 0.254 e. The van der Waals surface area contributed by atoms with E-state index in [0.717, 1.165) is 22.0 Å². The molecule has 1 aliphatic heterocycles. The highest BCUT2D eigenvalue weighted by Crippen LogP contribution is 2.27. The molecule has 0 fully saturated rings. The van der Waals surface area contributed by atoms with E-state index >= 15 is 0 Å². The number of benzene rings is 2. The molecule has 136 valence electrons. The summed E-state index contributed by atoms with van der Waals surface area (Å²) in [5, 5.41) is 0.948. The van der Waals surface area contributed by atoms with Crippen molar-refractivity contribution in [2.75, 3.05) is 25.0 Å². The average Bonchev–Trinajstić information content (AvgIpc) is 2.88. The van der Waals surface area contributed by atoms with Crippen molar-refractivity contribution in [1.82, 2.24) is 9.88 Å². The van der Waals surface area contributed by atoms with Gasteiger partial charge in [-0.3, -0.25) is 4.79 Å². The molecule has 0 radical (unpaired) electrons. The minimum Gasteiger partial charge on any atom is -0.373 e. The maximum absolute atomic E-state index is 13.0. The van der Waals surface area contributed by atoms with Crippen molar-refractivity contribution in [2.45, 2.75) is 16.5 Å². The van der Waals surface area contributed by atoms with E-state index in [-0.39, 0.29) is 5.91 Å². The lowest BCUT2D eigenvalue weighted by Crippen LogP contribution is -2.34. The number of aromatic nitrogens is 1. The quantitative estimate of drug-likeness (QED) is 0.683. The van der Waals surface area contributed by atoms with Crippen LogP contribution < -0.4 is 4.90 Å². The highest BCUT2D eigenvalue weighted by molar-refractivity contribution is 7.99. The molecule has 0 N–H and O–H groups in total. The molecule has 0 atom stereocenters. The number of pyridine rings is 1. The Morgan fingerprint density at radius 1 is 0.963 bits per heavy atom. The predicted molar refractivity (Wildman–Crippen MR) is 109 cm³/mol. The van der Waals surface area contributed by atoms with Gasteiger partial charge in [0.1, 0.15) is 5.03 Å². The first-order valence-corrected chi connectivity index (χ1v) is 9.79. The van der Waals surface area contributed by atoms with Crippen LogP contribution in [0.15, 0.2) is 82.8 Å². The molecular formula is C22H21N3OS. The fraction of sp³-hybridized carbons (Fsp3) is 0.182. The van der Waals surface area contributed by atoms with E-state index in [9.17, 15) is 4.79 Å². The second kappa shape index (κ2) is 7.84. The summed E-state index contributed by atoms with van der Waals surface area (Å²) >= 11 is 1.60. The van der Waals surface area contributed by atoms with E-state index in [0.29, 0.717) is 13.1 Å². The molecule has 1 aromatic heterocycles. The van der Waals surface area contributed by atoms with E-state index in [1.807, 2.05) is 59.5 Å². The lowest BCUT2D eigenvalue weighted by atomic mass is 10.1. The van der Waals surface area contributed by atoms with E-state index in [4.69, 9.17) is 0 Å². The molecule has 0 spiro atoms. The molecule has 2 heterocycles. The summed E-state index contributed by atoms with van der Waals surface area (Å²) in [5.74, 6) is 0.0782. The van der Waals surface area contributed by atoms with E-state index in [1.165, 1.54) is 11.3 Å². The molecule has 27 heavy (non-hydrogen) atoms. The van der Waals surface area contributed by atoms with Gasteiger partial charge in [-0.25, -0.2) is 4.98 Å². The Morgan fingerprint density at radius 2 is 1.74 bits per heavy atom. The van der Waals surface area contributed by atoms with Crippen LogP contribution in [-0.4, -0.2) is 35.9 Å². The van der Waals surface area contributed by atoms with E-state index in [2.05, 4.69) is 29.1 Å². The van der Waals surface area contributed by atoms with Gasteiger partial charge >= 0.3 is 0 Å². The fourth-order valence-corrected chi connectivity index (χ4v) is 4.02. The highest BCUT2D eigenvalue weighted by atomic mass is 32.2. The van der Waals surface area contributed by atoms with Crippen LogP contribution in [0.2, 0.25) is 0 Å². The Bertz CT molecular complexity index is 928. The Hall–Kier alpha value is -2.79. The molecule has 0 bridgehead atoms. The number of amides is 1. The van der Waals surface area contributed by atoms with Crippen molar-refractivity contribution < 1.29 is 4.79 Å². The molecule has 2 aromatic carbocycles. The topological polar surface area (TPSA) is 36.4 Å². The zero-order chi connectivity index (χ0) is 18.6. The Labute approximate surface area is 163 Å². The van der Waals surface area contributed by atoms with Gasteiger partial charge in [-0.05, 0) is 48.0 Å². The summed E-state index contributed by atoms with van der Waals surface area (Å²) in [4.78, 5) is 22.6. The summed E-state index contributed by atoms with van der Waals surface area (Å²) in [5.41, 5.74) is 3.12. The van der Waals surface area contributed by atoms with Gasteiger partial charge in [-0.2, -0.15) is 0 Å². The summed E-state index contributed by atoms with van der Waals surface area (Å²) in [6.07, 6.45) is 1.79. The summed E-state index contributed by atoms with van der Waals surface area (Å²) in [6, 6.07) is 22.0. The van der Waals surface area contributed by atoms with Crippen LogP contribution in [0.1, 0.15) is 15.9 Å². The van der Waals surface area contributed by atoms with Crippen molar-refractivity contribution in [3.8, 4) is 0 Å². The lowest BCUT2D eigenvalue weighted by Gasteiger charge is -2.21. The number of hydrogen-bond acceptors (Lipinski definition) is 4. The minimum atomic E-state index is 0.0782. The third-order valence-electron chi connectivity index (χ3n) is 4.72. The number of carbonyl (C=O) groups excluding carboxylic acids is 1. The molecule has 1 amide bonds. The average molecular weight is 375 g/mol. The van der Waals surface area contributed by atoms with Gasteiger partial charge in [0.25, 0.3) is 5.91 Å². The molecule has 0 saturated carbocycles. The van der Waals surface area contributed by atoms with Gasteiger partial charge in [0.05, 0.1) is 0 Å². The molecule has 4 nitrogen and oxygen atoms in total. The lowest BCUT2D eigenvalue weighted by molar-refractivity contribution is 0.0751. The summed E-state index contributed by atoms with van der Waals surface area (Å²) < 4.78 is 0. The molecular weight excluding hydrogens is 354 g/mol. The van der Waals surface area contributed by atoms with Crippen LogP contribution in [0.4, 0.5) is 5.69 Å². The largest absolute Gasteiger partial charge is 0.373 e. The molecule has 5 heteroatoms. The summed E-state index contributed by atoms with van der Waals surface area (Å²) in [7, 11) is 2.08. The monoisotopic (exact) mass is 375 g/mol. The molecule has 4 rings (SSSR count). The first-order valence-electron chi connectivity index (χ1n) is 8.98. The Balaban J connectivity index is 1.49. The molecule has 1 aliphatic rings. The Morgan fingerprint density at radius 3 is 2.52 bits per heavy atom. The third kappa shape index (κ3) is 3.98. The van der Waals surface area contributed by atoms with Gasteiger partial charge in [-0.15, -0.1) is 0 Å². The maximum Gasteiger partial charge on any atom is 0.254 e. The fourth-order valence-electron chi connectivity index (χ4n) is 3.24. The van der Waals surface area contributed by atoms with Gasteiger partial charge in [-0.1, -0.05) is 36.0 Å². The standard InChI is InChI=1S/C22H21N3OS/c1-24-14-15-25(16-18-6-2-3-7-20(18)24)22(26)17-9-11-19(12-10-17)27-21-8-4-5-13-23-21/h2-13H,14-16H2,1H3. The van der Waals surface area contributed by atoms with Crippen LogP contribution in [0.25, 0.3) is 0 Å². The van der Waals surface area contributed by atoms with Crippen molar-refractivity contribution in [1.29, 1.82) is 0 Å². The Kier molecular flexibility index (Phi) is 5.12. The van der Waals surface area contributed by atoms with E-state index < -0.39 is 0 Å². The maximum atomic E-state index is 13.0. The first kappa shape index (κ1) is 17.6. The number of rotatable bonds is 3. The SMILES string of the molecule is CN1CCN(C(=O)c2ccc(Sc3ccccn3)cc2)Cc2ccccc21. The van der Waals surface area contributed by atoms with Gasteiger partial charge in [0, 0.05) is 49.0 Å². The minimum absolute atomic E-state index is 0.0782. The van der Waals surface area contributed by atoms with Crippen molar-refractivity contribution in [3.05, 3.63) is 84.1 Å². The highest BCUT2D eigenvalue weighted by Gasteiger charge is 2.22. The summed E-state index contributed by atoms with van der Waals surface area (Å²) in [6.45, 7) is 2.19. The molecule has 0 unspecified atom stereocenters. The van der Waals surface area contributed by atoms with Gasteiger partial charge < -0.3 is 9.80 Å². The number of hydrogen-bond donors (Lipinski definition) is 0. The molecule has 3 aromatic rings. The third-order valence-corrected chi connectivity index (χ3v) is 5.68. The van der Waals surface area contributed by atoms with Crippen molar-refractivity contribution >= 4 is 23.4 Å². The van der Waals surface area contributed by atoms with Crippen LogP contribution in [0.3, 0.4) is 0 Å². The van der Waals surface area contributed by atoms with Gasteiger partial charge in [0.2, 0.25) is 0 Å². The second-order valence-electron chi connectivity index (χ2n) is 6.57. The zero-order valence-corrected chi connectivity index (χ0v) is 16.0. The van der Waals surface area contributed by atoms with E-state index in [1.54, 1.807) is 18.0 Å². The van der Waals surface area contributed by atoms with Crippen LogP contribution in [-0.2, 0) is 6.54 Å². The molecule has 0 saturated heterocycles. The predicted octanol–water partition coefficient (Wildman–Crippen LogP) is 4.33. The molecule has 0 aliphatic carbocycles. The van der Waals surface area contributed by atoms with Crippen LogP contribution in [0, 0.1) is 0 Å². The van der Waals surface area contributed by atoms with Crippen molar-refractivity contribution in [3.63, 3.8) is 0 Å². The number of para-hydroxylation sites is 1. The second-order valence-corrected chi connectivity index (χ2v) is 7.67. The number of carbonyl (C=O) groups is 1. The van der Waals surface area contributed by atoms with Crippen molar-refractivity contribution in [2.24, 2.45) is 0 Å². The number of nitrogens with zero attached hydrogens (tertiary/aromatic N) is 3. The first-order chi connectivity index (χ1) is 13.2. The number of fused-ring (bicyclic) bond motifs is 1. The normalized spacial score (nSPS) is 13.8. The van der Waals surface area contributed by atoms with Crippen LogP contribution >= 0.6 is 11.8 Å². The van der Waals surface area contributed by atoms with Gasteiger partial charge in [0.15, 0.2) is 0 Å².